The Morgan fingerprint density at radius 1 is 1.00 bits per heavy atom. The SMILES string of the molecule is CN(c1ccccc1)S(=O)(=O)c1ccc(C(=O)Nc2nnc(SCc3ccccc3F)s2)cc1. The largest absolute Gasteiger partial charge is 0.296 e. The van der Waals surface area contributed by atoms with E-state index in [9.17, 15) is 17.6 Å². The van der Waals surface area contributed by atoms with Crippen LogP contribution in [0.15, 0.2) is 88.1 Å². The van der Waals surface area contributed by atoms with Crippen LogP contribution in [0, 0.1) is 5.82 Å². The second kappa shape index (κ2) is 10.3. The number of hydrogen-bond donors (Lipinski definition) is 1. The summed E-state index contributed by atoms with van der Waals surface area (Å²) in [5.41, 5.74) is 1.36. The van der Waals surface area contributed by atoms with Crippen molar-refractivity contribution in [3.8, 4) is 0 Å². The van der Waals surface area contributed by atoms with Crippen LogP contribution in [0.4, 0.5) is 15.2 Å². The highest BCUT2D eigenvalue weighted by Gasteiger charge is 2.21. The second-order valence-corrected chi connectivity index (χ2v) is 11.2. The molecule has 1 aromatic heterocycles. The number of thioether (sulfide) groups is 1. The number of rotatable bonds is 8. The molecule has 174 valence electrons. The van der Waals surface area contributed by atoms with E-state index < -0.39 is 15.9 Å². The smallest absolute Gasteiger partial charge is 0.264 e. The molecular weight excluding hydrogens is 495 g/mol. The zero-order chi connectivity index (χ0) is 24.1. The van der Waals surface area contributed by atoms with Gasteiger partial charge in [-0.05, 0) is 48.0 Å². The lowest BCUT2D eigenvalue weighted by molar-refractivity contribution is 0.102. The van der Waals surface area contributed by atoms with Gasteiger partial charge in [0.25, 0.3) is 15.9 Å². The molecule has 0 aliphatic rings. The van der Waals surface area contributed by atoms with Gasteiger partial charge in [-0.1, -0.05) is 59.5 Å². The van der Waals surface area contributed by atoms with Crippen molar-refractivity contribution in [1.29, 1.82) is 0 Å². The first-order valence-corrected chi connectivity index (χ1v) is 13.2. The molecule has 4 rings (SSSR count). The maximum atomic E-state index is 13.7. The van der Waals surface area contributed by atoms with E-state index in [4.69, 9.17) is 0 Å². The van der Waals surface area contributed by atoms with Crippen LogP contribution < -0.4 is 9.62 Å². The van der Waals surface area contributed by atoms with E-state index in [1.54, 1.807) is 48.5 Å². The summed E-state index contributed by atoms with van der Waals surface area (Å²) in [4.78, 5) is 12.6. The van der Waals surface area contributed by atoms with E-state index in [1.165, 1.54) is 64.8 Å². The molecule has 1 amide bonds. The van der Waals surface area contributed by atoms with Crippen molar-refractivity contribution in [3.05, 3.63) is 95.8 Å². The number of carbonyl (C=O) groups excluding carboxylic acids is 1. The minimum absolute atomic E-state index is 0.0677. The van der Waals surface area contributed by atoms with Gasteiger partial charge in [-0.3, -0.25) is 14.4 Å². The molecule has 0 saturated heterocycles. The number of nitrogens with zero attached hydrogens (tertiary/aromatic N) is 3. The highest BCUT2D eigenvalue weighted by atomic mass is 32.2. The van der Waals surface area contributed by atoms with Crippen molar-refractivity contribution in [2.45, 2.75) is 15.0 Å². The molecule has 0 unspecified atom stereocenters. The number of para-hydroxylation sites is 1. The molecular formula is C23H19FN4O3S3. The number of benzene rings is 3. The van der Waals surface area contributed by atoms with Gasteiger partial charge < -0.3 is 0 Å². The Labute approximate surface area is 204 Å². The minimum Gasteiger partial charge on any atom is -0.296 e. The van der Waals surface area contributed by atoms with Gasteiger partial charge in [-0.15, -0.1) is 10.2 Å². The van der Waals surface area contributed by atoms with Crippen LogP contribution in [0.3, 0.4) is 0 Å². The van der Waals surface area contributed by atoms with Gasteiger partial charge in [0, 0.05) is 18.4 Å². The fraction of sp³-hybridized carbons (Fsp3) is 0.0870. The minimum atomic E-state index is -3.77. The molecule has 0 aliphatic carbocycles. The molecule has 0 saturated carbocycles. The van der Waals surface area contributed by atoms with Crippen molar-refractivity contribution < 1.29 is 17.6 Å². The predicted octanol–water partition coefficient (Wildman–Crippen LogP) is 5.05. The van der Waals surface area contributed by atoms with Crippen LogP contribution >= 0.6 is 23.1 Å². The monoisotopic (exact) mass is 514 g/mol. The molecule has 0 spiro atoms. The summed E-state index contributed by atoms with van der Waals surface area (Å²) in [6.45, 7) is 0. The van der Waals surface area contributed by atoms with Crippen LogP contribution in [0.1, 0.15) is 15.9 Å². The van der Waals surface area contributed by atoms with E-state index in [-0.39, 0.29) is 16.3 Å². The van der Waals surface area contributed by atoms with Crippen molar-refractivity contribution in [1.82, 2.24) is 10.2 Å². The topological polar surface area (TPSA) is 92.3 Å². The average Bonchev–Trinajstić information content (AvgIpc) is 3.30. The summed E-state index contributed by atoms with van der Waals surface area (Å²) in [5, 5.41) is 10.9. The molecule has 3 aromatic carbocycles. The number of aromatic nitrogens is 2. The quantitative estimate of drug-likeness (QED) is 0.261. The molecule has 0 fully saturated rings. The number of nitrogens with one attached hydrogen (secondary N) is 1. The van der Waals surface area contributed by atoms with Crippen LogP contribution in [-0.4, -0.2) is 31.6 Å². The Bertz CT molecular complexity index is 1390. The lowest BCUT2D eigenvalue weighted by Crippen LogP contribution is -2.26. The molecule has 0 radical (unpaired) electrons. The summed E-state index contributed by atoms with van der Waals surface area (Å²) >= 11 is 2.49. The highest BCUT2D eigenvalue weighted by Crippen LogP contribution is 2.29. The van der Waals surface area contributed by atoms with E-state index >= 15 is 0 Å². The number of amides is 1. The van der Waals surface area contributed by atoms with Gasteiger partial charge in [0.1, 0.15) is 5.82 Å². The molecule has 1 N–H and O–H groups in total. The Morgan fingerprint density at radius 3 is 2.38 bits per heavy atom. The molecule has 0 bridgehead atoms. The normalized spacial score (nSPS) is 11.2. The fourth-order valence-electron chi connectivity index (χ4n) is 2.96. The number of carbonyl (C=O) groups is 1. The van der Waals surface area contributed by atoms with Crippen molar-refractivity contribution in [3.63, 3.8) is 0 Å². The lowest BCUT2D eigenvalue weighted by Gasteiger charge is -2.19. The van der Waals surface area contributed by atoms with Crippen molar-refractivity contribution in [2.75, 3.05) is 16.7 Å². The molecule has 34 heavy (non-hydrogen) atoms. The zero-order valence-electron chi connectivity index (χ0n) is 17.9. The zero-order valence-corrected chi connectivity index (χ0v) is 20.3. The number of halogens is 1. The van der Waals surface area contributed by atoms with Gasteiger partial charge in [0.15, 0.2) is 4.34 Å². The second-order valence-electron chi connectivity index (χ2n) is 7.04. The maximum Gasteiger partial charge on any atom is 0.264 e. The van der Waals surface area contributed by atoms with Crippen LogP contribution in [0.2, 0.25) is 0 Å². The van der Waals surface area contributed by atoms with Gasteiger partial charge in [0.05, 0.1) is 10.6 Å². The van der Waals surface area contributed by atoms with E-state index in [2.05, 4.69) is 15.5 Å². The number of sulfonamides is 1. The first kappa shape index (κ1) is 23.9. The summed E-state index contributed by atoms with van der Waals surface area (Å²) in [5.74, 6) is -0.335. The standard InChI is InChI=1S/C23H19FN4O3S3/c1-28(18-8-3-2-4-9-18)34(30,31)19-13-11-16(12-14-19)21(29)25-22-26-27-23(33-22)32-15-17-7-5-6-10-20(17)24/h2-14H,15H2,1H3,(H,25,26,29). The van der Waals surface area contributed by atoms with Gasteiger partial charge >= 0.3 is 0 Å². The molecule has 11 heteroatoms. The number of hydrogen-bond acceptors (Lipinski definition) is 7. The third-order valence-electron chi connectivity index (χ3n) is 4.83. The van der Waals surface area contributed by atoms with Gasteiger partial charge in [-0.2, -0.15) is 0 Å². The molecule has 0 aliphatic heterocycles. The Balaban J connectivity index is 1.39. The Hall–Kier alpha value is -3.28. The summed E-state index contributed by atoms with van der Waals surface area (Å²) in [6, 6.07) is 20.9. The summed E-state index contributed by atoms with van der Waals surface area (Å²) in [7, 11) is -2.30. The third kappa shape index (κ3) is 5.44. The van der Waals surface area contributed by atoms with Gasteiger partial charge in [0.2, 0.25) is 5.13 Å². The lowest BCUT2D eigenvalue weighted by atomic mass is 10.2. The Morgan fingerprint density at radius 2 is 1.68 bits per heavy atom. The fourth-order valence-corrected chi connectivity index (χ4v) is 5.88. The highest BCUT2D eigenvalue weighted by molar-refractivity contribution is 8.00. The van der Waals surface area contributed by atoms with E-state index in [0.717, 1.165) is 0 Å². The van der Waals surface area contributed by atoms with Crippen LogP contribution in [0.5, 0.6) is 0 Å². The summed E-state index contributed by atoms with van der Waals surface area (Å²) < 4.78 is 41.3. The summed E-state index contributed by atoms with van der Waals surface area (Å²) in [6.07, 6.45) is 0. The number of anilines is 2. The average molecular weight is 515 g/mol. The van der Waals surface area contributed by atoms with E-state index in [0.29, 0.717) is 26.5 Å². The van der Waals surface area contributed by atoms with Crippen molar-refractivity contribution >= 4 is 49.8 Å². The predicted molar refractivity (Wildman–Crippen MR) is 132 cm³/mol. The maximum absolute atomic E-state index is 13.7. The first-order valence-electron chi connectivity index (χ1n) is 10.00. The van der Waals surface area contributed by atoms with Gasteiger partial charge in [-0.25, -0.2) is 12.8 Å². The van der Waals surface area contributed by atoms with Crippen LogP contribution in [0.25, 0.3) is 0 Å². The molecule has 0 atom stereocenters. The Kier molecular flexibility index (Phi) is 7.25. The molecule has 7 nitrogen and oxygen atoms in total. The first-order chi connectivity index (χ1) is 16.3. The van der Waals surface area contributed by atoms with Crippen molar-refractivity contribution in [2.24, 2.45) is 0 Å². The molecule has 1 heterocycles. The van der Waals surface area contributed by atoms with E-state index in [1.807, 2.05) is 0 Å². The molecule has 4 aromatic rings. The third-order valence-corrected chi connectivity index (χ3v) is 8.65. The van der Waals surface area contributed by atoms with Crippen LogP contribution in [-0.2, 0) is 15.8 Å².